The van der Waals surface area contributed by atoms with Crippen LogP contribution in [0, 0.1) is 17.8 Å². The van der Waals surface area contributed by atoms with Crippen molar-refractivity contribution in [3.63, 3.8) is 0 Å². The summed E-state index contributed by atoms with van der Waals surface area (Å²) < 4.78 is 5.62. The number of fused-ring (bicyclic) bond motifs is 7. The molecule has 4 aliphatic carbocycles. The first-order chi connectivity index (χ1) is 21.9. The molecule has 0 radical (unpaired) electrons. The lowest BCUT2D eigenvalue weighted by molar-refractivity contribution is 0.139. The molecule has 2 nitrogen and oxygen atoms in total. The highest BCUT2D eigenvalue weighted by atomic mass is 28.3. The second kappa shape index (κ2) is 10.6. The second-order valence-electron chi connectivity index (χ2n) is 17.4. The van der Waals surface area contributed by atoms with Gasteiger partial charge in [0.15, 0.2) is 0 Å². The van der Waals surface area contributed by atoms with Gasteiger partial charge in [-0.05, 0) is 110 Å². The largest absolute Gasteiger partial charge is 0.316 e. The number of aromatic nitrogens is 1. The van der Waals surface area contributed by atoms with Crippen LogP contribution in [0.15, 0.2) is 84.5 Å². The molecule has 2 fully saturated rings. The Labute approximate surface area is 278 Å². The maximum atomic E-state index is 3.13. The Hall–Kier alpha value is -2.88. The van der Waals surface area contributed by atoms with E-state index in [1.165, 1.54) is 82.7 Å². The van der Waals surface area contributed by atoms with E-state index < -0.39 is 8.24 Å². The molecule has 2 saturated carbocycles. The lowest BCUT2D eigenvalue weighted by atomic mass is 9.76. The quantitative estimate of drug-likeness (QED) is 0.205. The van der Waals surface area contributed by atoms with Crippen molar-refractivity contribution in [2.75, 3.05) is 0 Å². The third kappa shape index (κ3) is 4.44. The second-order valence-corrected chi connectivity index (χ2v) is 21.8. The zero-order valence-corrected chi connectivity index (χ0v) is 30.5. The van der Waals surface area contributed by atoms with Crippen LogP contribution in [-0.2, 0) is 5.41 Å². The van der Waals surface area contributed by atoms with Crippen LogP contribution in [-0.4, -0.2) is 28.9 Å². The van der Waals surface area contributed by atoms with Gasteiger partial charge in [-0.25, -0.2) is 0 Å². The number of allylic oxidation sites excluding steroid dienone is 4. The fourth-order valence-electron chi connectivity index (χ4n) is 11.5. The summed E-state index contributed by atoms with van der Waals surface area (Å²) in [6, 6.07) is 25.9. The zero-order chi connectivity index (χ0) is 32.2. The van der Waals surface area contributed by atoms with E-state index in [1.54, 1.807) is 5.57 Å². The summed E-state index contributed by atoms with van der Waals surface area (Å²) in [4.78, 5) is 0. The van der Waals surface area contributed by atoms with Crippen molar-refractivity contribution in [3.05, 3.63) is 95.6 Å². The standard InChI is InChI=1S/C43H54N2Si/c1-28-24-29-25-36-32-23-22-31(44-39-20-14-12-18-33(39)34-19-13-15-21-40(34)44)26-37(32)43(5,6)38(36)27-35(29)41(28)46(7,8)45(42(2,3)4)30-16-10-9-11-17-30/h12-15,18-23,25-30,35,41H,9-11,16-17,24H2,1-8H3. The molecule has 0 amide bonds. The van der Waals surface area contributed by atoms with Gasteiger partial charge >= 0.3 is 0 Å². The highest BCUT2D eigenvalue weighted by Gasteiger charge is 2.56. The number of nitrogens with zero attached hydrogens (tertiary/aromatic N) is 2. The van der Waals surface area contributed by atoms with Crippen LogP contribution in [0.25, 0.3) is 33.1 Å². The minimum Gasteiger partial charge on any atom is -0.316 e. The molecule has 1 heterocycles. The Balaban J connectivity index is 1.21. The van der Waals surface area contributed by atoms with Gasteiger partial charge in [-0.3, -0.25) is 0 Å². The molecule has 0 aliphatic heterocycles. The normalized spacial score (nSPS) is 26.3. The summed E-state index contributed by atoms with van der Waals surface area (Å²) in [5.41, 5.74) is 10.9. The van der Waals surface area contributed by atoms with Crippen LogP contribution >= 0.6 is 0 Å². The number of hydrogen-bond acceptors (Lipinski definition) is 1. The maximum absolute atomic E-state index is 3.13. The number of rotatable bonds is 4. The third-order valence-corrected chi connectivity index (χ3v) is 17.6. The molecule has 4 aliphatic rings. The van der Waals surface area contributed by atoms with Crippen LogP contribution in [0.4, 0.5) is 0 Å². The predicted molar refractivity (Wildman–Crippen MR) is 200 cm³/mol. The van der Waals surface area contributed by atoms with E-state index in [1.807, 2.05) is 0 Å². The van der Waals surface area contributed by atoms with Crippen LogP contribution < -0.4 is 0 Å². The molecule has 0 N–H and O–H groups in total. The molecule has 4 aromatic rings. The molecule has 46 heavy (non-hydrogen) atoms. The van der Waals surface area contributed by atoms with Crippen LogP contribution in [0.2, 0.25) is 18.6 Å². The molecule has 4 atom stereocenters. The number of hydrogen-bond donors (Lipinski definition) is 0. The van der Waals surface area contributed by atoms with Gasteiger partial charge in [-0.1, -0.05) is 108 Å². The van der Waals surface area contributed by atoms with Crippen molar-refractivity contribution in [1.29, 1.82) is 0 Å². The summed E-state index contributed by atoms with van der Waals surface area (Å²) in [5.74, 6) is 2.06. The average molecular weight is 627 g/mol. The smallest absolute Gasteiger partial charge is 0.127 e. The van der Waals surface area contributed by atoms with E-state index in [0.717, 1.165) is 17.5 Å². The zero-order valence-electron chi connectivity index (χ0n) is 29.5. The molecular formula is C43H54N2Si. The summed E-state index contributed by atoms with van der Waals surface area (Å²) in [6.45, 7) is 20.6. The summed E-state index contributed by atoms with van der Waals surface area (Å²) in [6.07, 6.45) is 13.9. The predicted octanol–water partition coefficient (Wildman–Crippen LogP) is 11.7. The monoisotopic (exact) mass is 626 g/mol. The van der Waals surface area contributed by atoms with E-state index in [0.29, 0.717) is 11.8 Å². The lowest BCUT2D eigenvalue weighted by Gasteiger charge is -2.56. The summed E-state index contributed by atoms with van der Waals surface area (Å²) in [5, 5.41) is 2.66. The van der Waals surface area contributed by atoms with Gasteiger partial charge < -0.3 is 9.13 Å². The minimum absolute atomic E-state index is 0.0178. The Bertz CT molecular complexity index is 1840. The minimum atomic E-state index is -1.81. The number of benzene rings is 3. The van der Waals surface area contributed by atoms with Crippen molar-refractivity contribution in [2.24, 2.45) is 17.8 Å². The van der Waals surface area contributed by atoms with Crippen LogP contribution in [0.1, 0.15) is 91.2 Å². The van der Waals surface area contributed by atoms with E-state index in [4.69, 9.17) is 0 Å². The molecule has 0 saturated heterocycles. The molecular weight excluding hydrogens is 573 g/mol. The van der Waals surface area contributed by atoms with E-state index in [2.05, 4.69) is 143 Å². The van der Waals surface area contributed by atoms with Crippen molar-refractivity contribution in [2.45, 2.75) is 116 Å². The number of para-hydroxylation sites is 2. The molecule has 240 valence electrons. The Kier molecular flexibility index (Phi) is 6.99. The Morgan fingerprint density at radius 1 is 0.826 bits per heavy atom. The third-order valence-electron chi connectivity index (χ3n) is 12.8. The summed E-state index contributed by atoms with van der Waals surface area (Å²) >= 11 is 0. The van der Waals surface area contributed by atoms with E-state index in [9.17, 15) is 0 Å². The van der Waals surface area contributed by atoms with Gasteiger partial charge in [0, 0.05) is 33.5 Å². The molecule has 3 aromatic carbocycles. The van der Waals surface area contributed by atoms with Gasteiger partial charge in [0.05, 0.1) is 11.0 Å². The van der Waals surface area contributed by atoms with Gasteiger partial charge in [0.25, 0.3) is 0 Å². The van der Waals surface area contributed by atoms with Crippen molar-refractivity contribution < 1.29 is 0 Å². The van der Waals surface area contributed by atoms with Crippen LogP contribution in [0.3, 0.4) is 0 Å². The van der Waals surface area contributed by atoms with Gasteiger partial charge in [-0.15, -0.1) is 0 Å². The first kappa shape index (κ1) is 30.5. The van der Waals surface area contributed by atoms with E-state index in [-0.39, 0.29) is 11.0 Å². The summed E-state index contributed by atoms with van der Waals surface area (Å²) in [7, 11) is -1.81. The van der Waals surface area contributed by atoms with Gasteiger partial charge in [-0.2, -0.15) is 0 Å². The Morgan fingerprint density at radius 2 is 1.46 bits per heavy atom. The van der Waals surface area contributed by atoms with Gasteiger partial charge in [0.1, 0.15) is 8.24 Å². The van der Waals surface area contributed by atoms with E-state index >= 15 is 0 Å². The highest BCUT2D eigenvalue weighted by molar-refractivity contribution is 6.76. The first-order valence-corrected chi connectivity index (χ1v) is 21.3. The molecule has 0 spiro atoms. The average Bonchev–Trinajstić information content (AvgIpc) is 3.60. The molecule has 4 unspecified atom stereocenters. The van der Waals surface area contributed by atoms with Crippen molar-refractivity contribution in [3.8, 4) is 5.69 Å². The maximum Gasteiger partial charge on any atom is 0.127 e. The lowest BCUT2D eigenvalue weighted by Crippen LogP contribution is -2.65. The Morgan fingerprint density at radius 3 is 2.09 bits per heavy atom. The topological polar surface area (TPSA) is 8.17 Å². The molecule has 3 heteroatoms. The van der Waals surface area contributed by atoms with Crippen molar-refractivity contribution >= 4 is 35.6 Å². The van der Waals surface area contributed by atoms with Gasteiger partial charge in [0.2, 0.25) is 0 Å². The van der Waals surface area contributed by atoms with Crippen LogP contribution in [0.5, 0.6) is 0 Å². The fraction of sp³-hybridized carbons (Fsp3) is 0.488. The molecule has 0 bridgehead atoms. The highest BCUT2D eigenvalue weighted by Crippen LogP contribution is 2.61. The molecule has 1 aromatic heterocycles. The van der Waals surface area contributed by atoms with Crippen molar-refractivity contribution in [1.82, 2.24) is 9.13 Å². The molecule has 8 rings (SSSR count). The first-order valence-electron chi connectivity index (χ1n) is 18.3. The SMILES string of the molecule is CC1CC2C=C3C(=CC2C1[Si](C)(C)N(C1CCCCC1)C(C)(C)C)C(C)(C)c1cc(-n2c4ccccc4c4ccccc42)ccc13. The fourth-order valence-corrected chi connectivity index (χ4v) is 17.5.